The lowest BCUT2D eigenvalue weighted by molar-refractivity contribution is 0.185. The van der Waals surface area contributed by atoms with E-state index in [2.05, 4.69) is 24.0 Å². The molecule has 1 aromatic rings. The normalized spacial score (nSPS) is 21.7. The zero-order valence-electron chi connectivity index (χ0n) is 11.3. The second-order valence-corrected chi connectivity index (χ2v) is 5.54. The van der Waals surface area contributed by atoms with E-state index in [1.165, 1.54) is 0 Å². The van der Waals surface area contributed by atoms with Gasteiger partial charge in [-0.2, -0.15) is 4.98 Å². The number of nitrogens with two attached hydrogens (primary N) is 1. The van der Waals surface area contributed by atoms with Crippen molar-refractivity contribution >= 4 is 0 Å². The van der Waals surface area contributed by atoms with Crippen LogP contribution >= 0.6 is 0 Å². The highest BCUT2D eigenvalue weighted by Crippen LogP contribution is 2.22. The number of ether oxygens (including phenoxy) is 1. The maximum atomic E-state index is 5.78. The van der Waals surface area contributed by atoms with Gasteiger partial charge in [-0.05, 0) is 24.7 Å². The average molecular weight is 253 g/mol. The van der Waals surface area contributed by atoms with E-state index < -0.39 is 0 Å². The van der Waals surface area contributed by atoms with Crippen LogP contribution in [0.1, 0.15) is 44.3 Å². The second-order valence-electron chi connectivity index (χ2n) is 5.54. The summed E-state index contributed by atoms with van der Waals surface area (Å²) in [7, 11) is 0. The summed E-state index contributed by atoms with van der Waals surface area (Å²) >= 11 is 0. The Labute approximate surface area is 108 Å². The van der Waals surface area contributed by atoms with Gasteiger partial charge >= 0.3 is 0 Å². The van der Waals surface area contributed by atoms with Crippen molar-refractivity contribution in [1.29, 1.82) is 0 Å². The molecular weight excluding hydrogens is 230 g/mol. The van der Waals surface area contributed by atoms with Crippen LogP contribution in [0.2, 0.25) is 0 Å². The molecule has 5 nitrogen and oxygen atoms in total. The van der Waals surface area contributed by atoms with Crippen LogP contribution in [-0.4, -0.2) is 29.9 Å². The summed E-state index contributed by atoms with van der Waals surface area (Å²) in [6.07, 6.45) is 2.93. The molecule has 2 unspecified atom stereocenters. The molecule has 102 valence electrons. The topological polar surface area (TPSA) is 74.2 Å². The van der Waals surface area contributed by atoms with Crippen LogP contribution < -0.4 is 5.73 Å². The maximum absolute atomic E-state index is 5.78. The maximum Gasteiger partial charge on any atom is 0.231 e. The summed E-state index contributed by atoms with van der Waals surface area (Å²) < 4.78 is 10.7. The third kappa shape index (κ3) is 3.53. The van der Waals surface area contributed by atoms with Crippen molar-refractivity contribution in [2.75, 3.05) is 19.8 Å². The first kappa shape index (κ1) is 13.5. The first-order valence-electron chi connectivity index (χ1n) is 6.79. The van der Waals surface area contributed by atoms with Gasteiger partial charge in [-0.15, -0.1) is 0 Å². The quantitative estimate of drug-likeness (QED) is 0.835. The van der Waals surface area contributed by atoms with Gasteiger partial charge in [0.05, 0.1) is 5.92 Å². The van der Waals surface area contributed by atoms with Crippen LogP contribution in [0.15, 0.2) is 4.52 Å². The number of hydrogen-bond donors (Lipinski definition) is 1. The zero-order chi connectivity index (χ0) is 13.0. The summed E-state index contributed by atoms with van der Waals surface area (Å²) in [6.45, 7) is 6.59. The highest BCUT2D eigenvalue weighted by Gasteiger charge is 2.22. The molecule has 18 heavy (non-hydrogen) atoms. The number of hydrogen-bond acceptors (Lipinski definition) is 5. The molecule has 1 aromatic heterocycles. The molecule has 1 fully saturated rings. The molecular formula is C13H23N3O2. The summed E-state index contributed by atoms with van der Waals surface area (Å²) in [5, 5.41) is 4.06. The molecule has 2 rings (SSSR count). The Bertz CT molecular complexity index is 359. The first-order valence-corrected chi connectivity index (χ1v) is 6.79. The van der Waals surface area contributed by atoms with Crippen LogP contribution in [-0.2, 0) is 11.2 Å². The monoisotopic (exact) mass is 253 g/mol. The zero-order valence-corrected chi connectivity index (χ0v) is 11.3. The predicted molar refractivity (Wildman–Crippen MR) is 68.2 cm³/mol. The Morgan fingerprint density at radius 2 is 2.28 bits per heavy atom. The van der Waals surface area contributed by atoms with Crippen LogP contribution in [0.5, 0.6) is 0 Å². The summed E-state index contributed by atoms with van der Waals surface area (Å²) in [4.78, 5) is 4.48. The molecule has 2 heterocycles. The first-order chi connectivity index (χ1) is 8.69. The minimum absolute atomic E-state index is 0.186. The molecule has 5 heteroatoms. The minimum Gasteiger partial charge on any atom is -0.381 e. The van der Waals surface area contributed by atoms with E-state index in [0.717, 1.165) is 38.3 Å². The van der Waals surface area contributed by atoms with Gasteiger partial charge in [-0.1, -0.05) is 19.0 Å². The van der Waals surface area contributed by atoms with E-state index in [0.29, 0.717) is 24.3 Å². The van der Waals surface area contributed by atoms with Crippen LogP contribution in [0.4, 0.5) is 0 Å². The lowest BCUT2D eigenvalue weighted by atomic mass is 9.97. The third-order valence-electron chi connectivity index (χ3n) is 3.37. The highest BCUT2D eigenvalue weighted by molar-refractivity contribution is 4.96. The molecule has 0 aromatic carbocycles. The van der Waals surface area contributed by atoms with E-state index in [4.69, 9.17) is 15.0 Å². The van der Waals surface area contributed by atoms with Crippen molar-refractivity contribution in [2.24, 2.45) is 17.6 Å². The number of nitrogens with zero attached hydrogens (tertiary/aromatic N) is 2. The van der Waals surface area contributed by atoms with Crippen molar-refractivity contribution in [3.63, 3.8) is 0 Å². The Morgan fingerprint density at radius 1 is 1.44 bits per heavy atom. The van der Waals surface area contributed by atoms with Gasteiger partial charge in [-0.3, -0.25) is 0 Å². The molecule has 1 saturated heterocycles. The van der Waals surface area contributed by atoms with Gasteiger partial charge < -0.3 is 15.0 Å². The van der Waals surface area contributed by atoms with Gasteiger partial charge in [0.25, 0.3) is 0 Å². The van der Waals surface area contributed by atoms with E-state index in [1.54, 1.807) is 0 Å². The Hall–Kier alpha value is -0.940. The van der Waals surface area contributed by atoms with E-state index in [1.807, 2.05) is 0 Å². The van der Waals surface area contributed by atoms with E-state index >= 15 is 0 Å². The molecule has 0 bridgehead atoms. The second kappa shape index (κ2) is 6.29. The third-order valence-corrected chi connectivity index (χ3v) is 3.37. The molecule has 2 atom stereocenters. The van der Waals surface area contributed by atoms with Gasteiger partial charge in [0.2, 0.25) is 5.89 Å². The van der Waals surface area contributed by atoms with E-state index in [-0.39, 0.29) is 5.92 Å². The molecule has 0 amide bonds. The molecule has 1 aliphatic rings. The largest absolute Gasteiger partial charge is 0.381 e. The minimum atomic E-state index is 0.186. The van der Waals surface area contributed by atoms with Crippen molar-refractivity contribution in [3.05, 3.63) is 11.7 Å². The predicted octanol–water partition coefficient (Wildman–Crippen LogP) is 1.74. The van der Waals surface area contributed by atoms with Crippen LogP contribution in [0.3, 0.4) is 0 Å². The number of aromatic nitrogens is 2. The summed E-state index contributed by atoms with van der Waals surface area (Å²) in [5.41, 5.74) is 5.78. The van der Waals surface area contributed by atoms with Gasteiger partial charge in [0.15, 0.2) is 5.82 Å². The van der Waals surface area contributed by atoms with Gasteiger partial charge in [0, 0.05) is 26.2 Å². The SMILES string of the molecule is CC(C)CC(CN)c1nc(CC2CCOC2)no1. The molecule has 0 spiro atoms. The molecule has 0 aliphatic carbocycles. The van der Waals surface area contributed by atoms with Crippen LogP contribution in [0.25, 0.3) is 0 Å². The lowest BCUT2D eigenvalue weighted by Gasteiger charge is -2.11. The standard InChI is InChI=1S/C13H23N3O2/c1-9(2)5-11(7-14)13-15-12(16-18-13)6-10-3-4-17-8-10/h9-11H,3-8,14H2,1-2H3. The Balaban J connectivity index is 1.95. The van der Waals surface area contributed by atoms with Crippen LogP contribution in [0, 0.1) is 11.8 Å². The van der Waals surface area contributed by atoms with E-state index in [9.17, 15) is 0 Å². The fourth-order valence-corrected chi connectivity index (χ4v) is 2.39. The lowest BCUT2D eigenvalue weighted by Crippen LogP contribution is -2.15. The number of rotatable bonds is 6. The fraction of sp³-hybridized carbons (Fsp3) is 0.846. The van der Waals surface area contributed by atoms with Gasteiger partial charge in [0.1, 0.15) is 0 Å². The van der Waals surface area contributed by atoms with Crippen molar-refractivity contribution in [1.82, 2.24) is 10.1 Å². The van der Waals surface area contributed by atoms with Crippen molar-refractivity contribution in [2.45, 2.75) is 39.0 Å². The summed E-state index contributed by atoms with van der Waals surface area (Å²) in [6, 6.07) is 0. The van der Waals surface area contributed by atoms with Crippen molar-refractivity contribution < 1.29 is 9.26 Å². The fourth-order valence-electron chi connectivity index (χ4n) is 2.39. The van der Waals surface area contributed by atoms with Gasteiger partial charge in [-0.25, -0.2) is 0 Å². The Morgan fingerprint density at radius 3 is 2.89 bits per heavy atom. The molecule has 2 N–H and O–H groups in total. The average Bonchev–Trinajstić information content (AvgIpc) is 2.98. The van der Waals surface area contributed by atoms with Crippen molar-refractivity contribution in [3.8, 4) is 0 Å². The highest BCUT2D eigenvalue weighted by atomic mass is 16.5. The smallest absolute Gasteiger partial charge is 0.231 e. The summed E-state index contributed by atoms with van der Waals surface area (Å²) in [5.74, 6) is 2.79. The molecule has 1 aliphatic heterocycles. The molecule has 0 saturated carbocycles. The molecule has 0 radical (unpaired) electrons. The Kier molecular flexibility index (Phi) is 4.72.